The molecule has 7 heteroatoms. The Morgan fingerprint density at radius 2 is 1.95 bits per heavy atom. The quantitative estimate of drug-likeness (QED) is 0.449. The van der Waals surface area contributed by atoms with Crippen LogP contribution in [0.5, 0.6) is 0 Å². The van der Waals surface area contributed by atoms with Gasteiger partial charge in [0, 0.05) is 21.5 Å². The minimum absolute atomic E-state index is 0.246. The standard InChI is InChI=1S/C15H17Cl2N3OS/c1-4-20-13(8-18-21)19-14(9(2)3)15(20)22-12-6-10(16)5-11(17)7-12/h5-9,21H,4H2,1-3H3. The van der Waals surface area contributed by atoms with Crippen molar-refractivity contribution in [3.63, 3.8) is 0 Å². The summed E-state index contributed by atoms with van der Waals surface area (Å²) in [7, 11) is 0. The zero-order valence-electron chi connectivity index (χ0n) is 12.5. The number of hydrogen-bond donors (Lipinski definition) is 1. The van der Waals surface area contributed by atoms with E-state index in [-0.39, 0.29) is 5.92 Å². The molecule has 0 aliphatic carbocycles. The van der Waals surface area contributed by atoms with Crippen molar-refractivity contribution in [2.75, 3.05) is 0 Å². The van der Waals surface area contributed by atoms with Crippen molar-refractivity contribution in [1.82, 2.24) is 9.55 Å². The first-order valence-electron chi connectivity index (χ1n) is 6.88. The predicted molar refractivity (Wildman–Crippen MR) is 92.0 cm³/mol. The van der Waals surface area contributed by atoms with Crippen molar-refractivity contribution >= 4 is 41.2 Å². The van der Waals surface area contributed by atoms with Crippen molar-refractivity contribution in [2.45, 2.75) is 43.2 Å². The first-order chi connectivity index (χ1) is 10.5. The molecule has 0 amide bonds. The molecule has 4 nitrogen and oxygen atoms in total. The van der Waals surface area contributed by atoms with Crippen LogP contribution >= 0.6 is 35.0 Å². The van der Waals surface area contributed by atoms with Gasteiger partial charge in [-0.2, -0.15) is 0 Å². The van der Waals surface area contributed by atoms with Gasteiger partial charge in [-0.05, 0) is 31.0 Å². The number of halogens is 2. The van der Waals surface area contributed by atoms with E-state index < -0.39 is 0 Å². The maximum atomic E-state index is 8.82. The molecule has 0 aliphatic heterocycles. The van der Waals surface area contributed by atoms with Gasteiger partial charge in [0.05, 0.1) is 5.69 Å². The lowest BCUT2D eigenvalue weighted by atomic mass is 10.1. The summed E-state index contributed by atoms with van der Waals surface area (Å²) < 4.78 is 2.01. The summed E-state index contributed by atoms with van der Waals surface area (Å²) in [6.07, 6.45) is 1.35. The van der Waals surface area contributed by atoms with Gasteiger partial charge in [0.2, 0.25) is 0 Å². The van der Waals surface area contributed by atoms with Gasteiger partial charge in [0.15, 0.2) is 5.82 Å². The molecule has 0 spiro atoms. The van der Waals surface area contributed by atoms with E-state index in [1.165, 1.54) is 6.21 Å². The molecule has 0 bridgehead atoms. The van der Waals surface area contributed by atoms with Crippen molar-refractivity contribution in [3.05, 3.63) is 39.8 Å². The topological polar surface area (TPSA) is 50.4 Å². The minimum atomic E-state index is 0.246. The Hall–Kier alpha value is -1.17. The van der Waals surface area contributed by atoms with Crippen molar-refractivity contribution < 1.29 is 5.21 Å². The van der Waals surface area contributed by atoms with E-state index >= 15 is 0 Å². The van der Waals surface area contributed by atoms with Crippen molar-refractivity contribution in [3.8, 4) is 0 Å². The van der Waals surface area contributed by atoms with E-state index in [9.17, 15) is 0 Å². The molecule has 22 heavy (non-hydrogen) atoms. The highest BCUT2D eigenvalue weighted by atomic mass is 35.5. The first kappa shape index (κ1) is 17.2. The smallest absolute Gasteiger partial charge is 0.155 e. The molecule has 0 radical (unpaired) electrons. The van der Waals surface area contributed by atoms with Gasteiger partial charge in [0.1, 0.15) is 11.2 Å². The van der Waals surface area contributed by atoms with E-state index in [1.54, 1.807) is 17.8 Å². The van der Waals surface area contributed by atoms with Crippen LogP contribution in [0.15, 0.2) is 33.3 Å². The van der Waals surface area contributed by atoms with Crippen LogP contribution in [0.1, 0.15) is 38.2 Å². The van der Waals surface area contributed by atoms with Gasteiger partial charge in [-0.25, -0.2) is 4.98 Å². The number of benzene rings is 1. The fourth-order valence-corrected chi connectivity index (χ4v) is 4.08. The molecule has 1 aromatic carbocycles. The van der Waals surface area contributed by atoms with E-state index in [4.69, 9.17) is 28.4 Å². The molecule has 1 heterocycles. The van der Waals surface area contributed by atoms with Gasteiger partial charge in [-0.1, -0.05) is 54.0 Å². The number of imidazole rings is 1. The Morgan fingerprint density at radius 3 is 2.45 bits per heavy atom. The number of nitrogens with zero attached hydrogens (tertiary/aromatic N) is 3. The fourth-order valence-electron chi connectivity index (χ4n) is 2.11. The van der Waals surface area contributed by atoms with Crippen LogP contribution < -0.4 is 0 Å². The summed E-state index contributed by atoms with van der Waals surface area (Å²) in [6, 6.07) is 5.45. The Bertz CT molecular complexity index is 678. The normalized spacial score (nSPS) is 11.7. The van der Waals surface area contributed by atoms with Gasteiger partial charge in [0.25, 0.3) is 0 Å². The molecule has 0 unspecified atom stereocenters. The molecule has 1 aromatic heterocycles. The predicted octanol–water partition coefficient (Wildman–Crippen LogP) is 5.29. The second-order valence-corrected chi connectivity index (χ2v) is 6.95. The Labute approximate surface area is 144 Å². The molecule has 0 saturated carbocycles. The zero-order valence-corrected chi connectivity index (χ0v) is 14.9. The Kier molecular flexibility index (Phi) is 5.78. The Morgan fingerprint density at radius 1 is 1.32 bits per heavy atom. The molecule has 0 aliphatic rings. The number of hydrogen-bond acceptors (Lipinski definition) is 4. The molecule has 2 rings (SSSR count). The highest BCUT2D eigenvalue weighted by Gasteiger charge is 2.19. The average molecular weight is 358 g/mol. The average Bonchev–Trinajstić information content (AvgIpc) is 2.76. The molecule has 118 valence electrons. The fraction of sp³-hybridized carbons (Fsp3) is 0.333. The summed E-state index contributed by atoms with van der Waals surface area (Å²) in [5.74, 6) is 0.875. The first-order valence-corrected chi connectivity index (χ1v) is 8.45. The SMILES string of the molecule is CCn1c(C=NO)nc(C(C)C)c1Sc1cc(Cl)cc(Cl)c1. The summed E-state index contributed by atoms with van der Waals surface area (Å²) in [5.41, 5.74) is 0.956. The second kappa shape index (κ2) is 7.40. The van der Waals surface area contributed by atoms with Crippen LogP contribution in [-0.2, 0) is 6.54 Å². The van der Waals surface area contributed by atoms with Crippen molar-refractivity contribution in [1.29, 1.82) is 0 Å². The van der Waals surface area contributed by atoms with E-state index in [2.05, 4.69) is 24.0 Å². The lowest BCUT2D eigenvalue weighted by Gasteiger charge is -2.11. The molecule has 2 aromatic rings. The highest BCUT2D eigenvalue weighted by Crippen LogP contribution is 2.36. The lowest BCUT2D eigenvalue weighted by Crippen LogP contribution is -2.02. The van der Waals surface area contributed by atoms with Crippen LogP contribution in [0.25, 0.3) is 0 Å². The lowest BCUT2D eigenvalue weighted by molar-refractivity contribution is 0.321. The number of rotatable bonds is 5. The molecule has 0 fully saturated rings. The largest absolute Gasteiger partial charge is 0.411 e. The van der Waals surface area contributed by atoms with Crippen molar-refractivity contribution in [2.24, 2.45) is 5.16 Å². The third kappa shape index (κ3) is 3.77. The third-order valence-corrected chi connectivity index (χ3v) is 4.59. The molecular weight excluding hydrogens is 341 g/mol. The molecule has 0 saturated heterocycles. The van der Waals surface area contributed by atoms with Gasteiger partial charge in [-0.15, -0.1) is 0 Å². The van der Waals surface area contributed by atoms with Gasteiger partial charge < -0.3 is 9.77 Å². The van der Waals surface area contributed by atoms with E-state index in [0.29, 0.717) is 15.9 Å². The summed E-state index contributed by atoms with van der Waals surface area (Å²) >= 11 is 13.7. The number of oxime groups is 1. The highest BCUT2D eigenvalue weighted by molar-refractivity contribution is 7.99. The number of aromatic nitrogens is 2. The van der Waals surface area contributed by atoms with Crippen LogP contribution in [-0.4, -0.2) is 21.0 Å². The van der Waals surface area contributed by atoms with E-state index in [1.807, 2.05) is 23.6 Å². The zero-order chi connectivity index (χ0) is 16.3. The van der Waals surface area contributed by atoms with Gasteiger partial charge >= 0.3 is 0 Å². The van der Waals surface area contributed by atoms with Crippen LogP contribution in [0.2, 0.25) is 10.0 Å². The second-order valence-electron chi connectivity index (χ2n) is 5.01. The molecule has 0 atom stereocenters. The van der Waals surface area contributed by atoms with E-state index in [0.717, 1.165) is 22.2 Å². The summed E-state index contributed by atoms with van der Waals surface area (Å²) in [6.45, 7) is 6.90. The molecular formula is C15H17Cl2N3OS. The maximum absolute atomic E-state index is 8.82. The Balaban J connectivity index is 2.52. The summed E-state index contributed by atoms with van der Waals surface area (Å²) in [4.78, 5) is 5.52. The van der Waals surface area contributed by atoms with Gasteiger partial charge in [-0.3, -0.25) is 0 Å². The maximum Gasteiger partial charge on any atom is 0.155 e. The van der Waals surface area contributed by atoms with Crippen LogP contribution in [0, 0.1) is 0 Å². The van der Waals surface area contributed by atoms with Crippen LogP contribution in [0.4, 0.5) is 0 Å². The summed E-state index contributed by atoms with van der Waals surface area (Å²) in [5, 5.41) is 14.1. The monoisotopic (exact) mass is 357 g/mol. The third-order valence-electron chi connectivity index (χ3n) is 3.06. The molecule has 1 N–H and O–H groups in total. The van der Waals surface area contributed by atoms with Crippen LogP contribution in [0.3, 0.4) is 0 Å². The minimum Gasteiger partial charge on any atom is -0.411 e.